The monoisotopic (exact) mass is 477 g/mol. The quantitative estimate of drug-likeness (QED) is 0.351. The summed E-state index contributed by atoms with van der Waals surface area (Å²) in [5, 5.41) is 13.7. The van der Waals surface area contributed by atoms with E-state index in [1.807, 2.05) is 60.2 Å². The maximum Gasteiger partial charge on any atom is 0.230 e. The number of hydrogen-bond donors (Lipinski definition) is 2. The molecule has 0 radical (unpaired) electrons. The fraction of sp³-hybridized carbons (Fsp3) is 0.320. The molecule has 1 aliphatic rings. The number of aromatic nitrogens is 4. The lowest BCUT2D eigenvalue weighted by molar-refractivity contribution is -0.119. The van der Waals surface area contributed by atoms with E-state index in [-0.39, 0.29) is 17.8 Å². The molecule has 0 aliphatic carbocycles. The maximum atomic E-state index is 12.5. The molecule has 3 heterocycles. The van der Waals surface area contributed by atoms with Gasteiger partial charge in [-0.15, -0.1) is 10.2 Å². The van der Waals surface area contributed by atoms with Crippen LogP contribution in [0.1, 0.15) is 19.8 Å². The molecule has 34 heavy (non-hydrogen) atoms. The third-order valence-corrected chi connectivity index (χ3v) is 6.68. The standard InChI is InChI=1S/C25H27N5O3S/c1-2-32-18-11-9-17(10-12-18)30-24(21-15-26-22-8-4-3-7-20(21)22)28-29-25(30)34-16-23(31)27-14-19-6-5-13-33-19/h3-4,7-12,15,19,26H,2,5-6,13-14,16H2,1H3,(H,27,31). The van der Waals surface area contributed by atoms with Crippen LogP contribution in [0.15, 0.2) is 59.9 Å². The molecule has 4 aromatic rings. The van der Waals surface area contributed by atoms with Gasteiger partial charge >= 0.3 is 0 Å². The summed E-state index contributed by atoms with van der Waals surface area (Å²) in [6, 6.07) is 15.9. The molecule has 1 saturated heterocycles. The number of hydrogen-bond acceptors (Lipinski definition) is 6. The number of fused-ring (bicyclic) bond motifs is 1. The van der Waals surface area contributed by atoms with Crippen LogP contribution in [0.5, 0.6) is 5.75 Å². The largest absolute Gasteiger partial charge is 0.494 e. The highest BCUT2D eigenvalue weighted by Gasteiger charge is 2.21. The van der Waals surface area contributed by atoms with Crippen LogP contribution in [0.2, 0.25) is 0 Å². The van der Waals surface area contributed by atoms with Crippen molar-refractivity contribution in [3.63, 3.8) is 0 Å². The Morgan fingerprint density at radius 3 is 2.88 bits per heavy atom. The Balaban J connectivity index is 1.42. The van der Waals surface area contributed by atoms with Crippen molar-refractivity contribution in [3.05, 3.63) is 54.7 Å². The van der Waals surface area contributed by atoms with Gasteiger partial charge in [-0.25, -0.2) is 0 Å². The highest BCUT2D eigenvalue weighted by Crippen LogP contribution is 2.32. The number of carbonyl (C=O) groups excluding carboxylic acids is 1. The summed E-state index contributed by atoms with van der Waals surface area (Å²) in [5.41, 5.74) is 2.88. The van der Waals surface area contributed by atoms with Crippen molar-refractivity contribution < 1.29 is 14.3 Å². The van der Waals surface area contributed by atoms with Crippen molar-refractivity contribution in [2.45, 2.75) is 31.0 Å². The van der Waals surface area contributed by atoms with Crippen LogP contribution in [0.3, 0.4) is 0 Å². The van der Waals surface area contributed by atoms with E-state index >= 15 is 0 Å². The second-order valence-electron chi connectivity index (χ2n) is 8.04. The molecular formula is C25H27N5O3S. The van der Waals surface area contributed by atoms with Crippen LogP contribution < -0.4 is 10.1 Å². The average molecular weight is 478 g/mol. The van der Waals surface area contributed by atoms with Crippen LogP contribution in [-0.4, -0.2) is 57.3 Å². The highest BCUT2D eigenvalue weighted by atomic mass is 32.2. The zero-order chi connectivity index (χ0) is 23.3. The summed E-state index contributed by atoms with van der Waals surface area (Å²) in [6.07, 6.45) is 4.11. The summed E-state index contributed by atoms with van der Waals surface area (Å²) < 4.78 is 13.2. The topological polar surface area (TPSA) is 94.1 Å². The molecule has 1 amide bonds. The Hall–Kier alpha value is -3.30. The van der Waals surface area contributed by atoms with E-state index in [9.17, 15) is 4.79 Å². The molecule has 2 N–H and O–H groups in total. The Labute approximate surface area is 202 Å². The Kier molecular flexibility index (Phi) is 6.82. The number of nitrogens with zero attached hydrogens (tertiary/aromatic N) is 3. The molecular weight excluding hydrogens is 450 g/mol. The molecule has 1 unspecified atom stereocenters. The molecule has 0 bridgehead atoms. The number of amides is 1. The van der Waals surface area contributed by atoms with Crippen LogP contribution >= 0.6 is 11.8 Å². The van der Waals surface area contributed by atoms with Gasteiger partial charge in [-0.3, -0.25) is 9.36 Å². The zero-order valence-corrected chi connectivity index (χ0v) is 19.8. The Morgan fingerprint density at radius 1 is 1.24 bits per heavy atom. The molecule has 0 spiro atoms. The number of nitrogens with one attached hydrogen (secondary N) is 2. The van der Waals surface area contributed by atoms with Crippen molar-refractivity contribution in [3.8, 4) is 22.8 Å². The number of rotatable bonds is 9. The highest BCUT2D eigenvalue weighted by molar-refractivity contribution is 7.99. The van der Waals surface area contributed by atoms with Gasteiger partial charge in [0.1, 0.15) is 5.75 Å². The predicted octanol–water partition coefficient (Wildman–Crippen LogP) is 4.20. The van der Waals surface area contributed by atoms with Crippen LogP contribution in [-0.2, 0) is 9.53 Å². The van der Waals surface area contributed by atoms with E-state index in [1.165, 1.54) is 11.8 Å². The van der Waals surface area contributed by atoms with Crippen LogP contribution in [0.25, 0.3) is 28.0 Å². The minimum atomic E-state index is -0.0459. The van der Waals surface area contributed by atoms with E-state index in [0.29, 0.717) is 24.1 Å². The molecule has 8 nitrogen and oxygen atoms in total. The summed E-state index contributed by atoms with van der Waals surface area (Å²) in [6.45, 7) is 3.89. The van der Waals surface area contributed by atoms with E-state index in [2.05, 4.69) is 26.6 Å². The minimum absolute atomic E-state index is 0.0459. The fourth-order valence-corrected chi connectivity index (χ4v) is 4.88. The van der Waals surface area contributed by atoms with E-state index < -0.39 is 0 Å². The van der Waals surface area contributed by atoms with Gasteiger partial charge < -0.3 is 19.8 Å². The lowest BCUT2D eigenvalue weighted by Crippen LogP contribution is -2.32. The fourth-order valence-electron chi connectivity index (χ4n) is 4.10. The molecule has 0 saturated carbocycles. The lowest BCUT2D eigenvalue weighted by Gasteiger charge is -2.12. The summed E-state index contributed by atoms with van der Waals surface area (Å²) in [4.78, 5) is 15.8. The first kappa shape index (κ1) is 22.5. The van der Waals surface area contributed by atoms with Gasteiger partial charge in [-0.1, -0.05) is 30.0 Å². The molecule has 2 aromatic heterocycles. The third kappa shape index (κ3) is 4.80. The Morgan fingerprint density at radius 2 is 2.09 bits per heavy atom. The van der Waals surface area contributed by atoms with Gasteiger partial charge in [0.05, 0.1) is 18.5 Å². The predicted molar refractivity (Wildman–Crippen MR) is 133 cm³/mol. The van der Waals surface area contributed by atoms with Gasteiger partial charge in [0.15, 0.2) is 11.0 Å². The van der Waals surface area contributed by atoms with Crippen molar-refractivity contribution in [2.24, 2.45) is 0 Å². The van der Waals surface area contributed by atoms with Gasteiger partial charge in [-0.05, 0) is 50.1 Å². The smallest absolute Gasteiger partial charge is 0.230 e. The van der Waals surface area contributed by atoms with Gasteiger partial charge in [0.25, 0.3) is 0 Å². The maximum absolute atomic E-state index is 12.5. The molecule has 176 valence electrons. The van der Waals surface area contributed by atoms with E-state index in [1.54, 1.807) is 0 Å². The van der Waals surface area contributed by atoms with Gasteiger partial charge in [-0.2, -0.15) is 0 Å². The number of H-pyrrole nitrogens is 1. The SMILES string of the molecule is CCOc1ccc(-n2c(SCC(=O)NCC3CCCO3)nnc2-c2c[nH]c3ccccc23)cc1. The molecule has 5 rings (SSSR count). The van der Waals surface area contributed by atoms with Crippen molar-refractivity contribution >= 4 is 28.6 Å². The molecule has 1 fully saturated rings. The van der Waals surface area contributed by atoms with Crippen molar-refractivity contribution in [2.75, 3.05) is 25.5 Å². The zero-order valence-electron chi connectivity index (χ0n) is 19.0. The summed E-state index contributed by atoms with van der Waals surface area (Å²) >= 11 is 1.37. The summed E-state index contributed by atoms with van der Waals surface area (Å²) in [5.74, 6) is 1.71. The van der Waals surface area contributed by atoms with Crippen LogP contribution in [0.4, 0.5) is 0 Å². The first-order chi connectivity index (χ1) is 16.7. The third-order valence-electron chi connectivity index (χ3n) is 5.75. The van der Waals surface area contributed by atoms with Crippen molar-refractivity contribution in [1.82, 2.24) is 25.1 Å². The first-order valence-electron chi connectivity index (χ1n) is 11.5. The molecule has 1 atom stereocenters. The van der Waals surface area contributed by atoms with Crippen molar-refractivity contribution in [1.29, 1.82) is 0 Å². The molecule has 9 heteroatoms. The summed E-state index contributed by atoms with van der Waals surface area (Å²) in [7, 11) is 0. The molecule has 1 aliphatic heterocycles. The molecule has 2 aromatic carbocycles. The number of benzene rings is 2. The normalized spacial score (nSPS) is 15.6. The Bertz CT molecular complexity index is 1260. The number of aromatic amines is 1. The van der Waals surface area contributed by atoms with Crippen LogP contribution in [0, 0.1) is 0 Å². The number of para-hydroxylation sites is 1. The average Bonchev–Trinajstić information content (AvgIpc) is 3.62. The number of thioether (sulfide) groups is 1. The first-order valence-corrected chi connectivity index (χ1v) is 12.5. The number of ether oxygens (including phenoxy) is 2. The number of carbonyl (C=O) groups is 1. The van der Waals surface area contributed by atoms with Gasteiger partial charge in [0, 0.05) is 41.5 Å². The van der Waals surface area contributed by atoms with E-state index in [0.717, 1.165) is 47.4 Å². The lowest BCUT2D eigenvalue weighted by atomic mass is 10.1. The van der Waals surface area contributed by atoms with Gasteiger partial charge in [0.2, 0.25) is 5.91 Å². The second kappa shape index (κ2) is 10.3. The second-order valence-corrected chi connectivity index (χ2v) is 8.99. The minimum Gasteiger partial charge on any atom is -0.494 e. The van der Waals surface area contributed by atoms with E-state index in [4.69, 9.17) is 9.47 Å².